The van der Waals surface area contributed by atoms with E-state index in [2.05, 4.69) is 20.9 Å². The van der Waals surface area contributed by atoms with Gasteiger partial charge in [0.2, 0.25) is 0 Å². The van der Waals surface area contributed by atoms with Gasteiger partial charge in [-0.1, -0.05) is 17.7 Å². The van der Waals surface area contributed by atoms with Crippen LogP contribution >= 0.6 is 39.1 Å². The topological polar surface area (TPSA) is 17.8 Å². The Hall–Kier alpha value is -1.10. The van der Waals surface area contributed by atoms with Crippen LogP contribution in [-0.4, -0.2) is 9.55 Å². The van der Waals surface area contributed by atoms with Crippen LogP contribution in [0, 0.1) is 5.82 Å². The molecule has 108 valence electrons. The Morgan fingerprint density at radius 2 is 2.05 bits per heavy atom. The molecule has 3 rings (SSSR count). The molecule has 1 aromatic heterocycles. The van der Waals surface area contributed by atoms with E-state index in [4.69, 9.17) is 23.2 Å². The number of benzene rings is 2. The molecule has 3 aromatic rings. The standard InChI is InChI=1S/C15H10BrCl2FN2/c1-8(17)15-20-14-12(19)3-2-4-13(14)21(15)9-5-6-10(16)11(18)7-9/h2-8H,1H3. The summed E-state index contributed by atoms with van der Waals surface area (Å²) in [7, 11) is 0. The minimum atomic E-state index is -0.368. The third-order valence-corrected chi connectivity index (χ3v) is 4.61. The number of halogens is 4. The maximum atomic E-state index is 13.9. The monoisotopic (exact) mass is 386 g/mol. The summed E-state index contributed by atoms with van der Waals surface area (Å²) < 4.78 is 16.6. The van der Waals surface area contributed by atoms with Crippen LogP contribution in [-0.2, 0) is 0 Å². The zero-order chi connectivity index (χ0) is 15.1. The molecular formula is C15H10BrCl2FN2. The predicted molar refractivity (Wildman–Crippen MR) is 88.0 cm³/mol. The van der Waals surface area contributed by atoms with Crippen molar-refractivity contribution in [2.24, 2.45) is 0 Å². The van der Waals surface area contributed by atoms with E-state index >= 15 is 0 Å². The number of hydrogen-bond acceptors (Lipinski definition) is 1. The summed E-state index contributed by atoms with van der Waals surface area (Å²) in [5.41, 5.74) is 1.76. The lowest BCUT2D eigenvalue weighted by Gasteiger charge is -2.11. The van der Waals surface area contributed by atoms with Crippen LogP contribution in [0.15, 0.2) is 40.9 Å². The van der Waals surface area contributed by atoms with Gasteiger partial charge in [0.25, 0.3) is 0 Å². The van der Waals surface area contributed by atoms with Crippen LogP contribution < -0.4 is 0 Å². The van der Waals surface area contributed by atoms with E-state index in [0.29, 0.717) is 21.9 Å². The Labute approximate surface area is 139 Å². The molecular weight excluding hydrogens is 378 g/mol. The van der Waals surface area contributed by atoms with Gasteiger partial charge in [-0.2, -0.15) is 0 Å². The first kappa shape index (κ1) is 14.8. The summed E-state index contributed by atoms with van der Waals surface area (Å²) >= 11 is 15.7. The van der Waals surface area contributed by atoms with Gasteiger partial charge in [-0.3, -0.25) is 4.57 Å². The highest BCUT2D eigenvalue weighted by atomic mass is 79.9. The molecule has 0 amide bonds. The Morgan fingerprint density at radius 3 is 2.71 bits per heavy atom. The third kappa shape index (κ3) is 2.56. The van der Waals surface area contributed by atoms with E-state index in [1.54, 1.807) is 19.1 Å². The molecule has 1 atom stereocenters. The number of alkyl halides is 1. The molecule has 0 saturated heterocycles. The van der Waals surface area contributed by atoms with Crippen molar-refractivity contribution in [3.05, 3.63) is 57.5 Å². The molecule has 1 heterocycles. The highest BCUT2D eigenvalue weighted by Crippen LogP contribution is 2.32. The number of para-hydroxylation sites is 1. The average molecular weight is 388 g/mol. The zero-order valence-corrected chi connectivity index (χ0v) is 14.0. The lowest BCUT2D eigenvalue weighted by atomic mass is 10.2. The molecule has 21 heavy (non-hydrogen) atoms. The van der Waals surface area contributed by atoms with Crippen LogP contribution in [0.25, 0.3) is 16.7 Å². The second kappa shape index (κ2) is 5.59. The molecule has 0 saturated carbocycles. The molecule has 0 aliphatic rings. The molecule has 2 nitrogen and oxygen atoms in total. The van der Waals surface area contributed by atoms with Gasteiger partial charge in [0, 0.05) is 10.2 Å². The van der Waals surface area contributed by atoms with Crippen LogP contribution in [0.5, 0.6) is 0 Å². The maximum absolute atomic E-state index is 13.9. The Balaban J connectivity index is 2.36. The quantitative estimate of drug-likeness (QED) is 0.502. The van der Waals surface area contributed by atoms with Crippen molar-refractivity contribution in [3.8, 4) is 5.69 Å². The zero-order valence-electron chi connectivity index (χ0n) is 10.9. The Kier molecular flexibility index (Phi) is 3.95. The van der Waals surface area contributed by atoms with Gasteiger partial charge in [0.05, 0.1) is 15.9 Å². The minimum absolute atomic E-state index is 0.305. The van der Waals surface area contributed by atoms with Gasteiger partial charge >= 0.3 is 0 Å². The summed E-state index contributed by atoms with van der Waals surface area (Å²) in [4.78, 5) is 4.34. The van der Waals surface area contributed by atoms with Gasteiger partial charge < -0.3 is 0 Å². The van der Waals surface area contributed by atoms with Gasteiger partial charge in [-0.05, 0) is 53.2 Å². The van der Waals surface area contributed by atoms with Crippen LogP contribution in [0.3, 0.4) is 0 Å². The fourth-order valence-electron chi connectivity index (χ4n) is 2.25. The SMILES string of the molecule is CC(Cl)c1nc2c(F)cccc2n1-c1ccc(Br)c(Cl)c1. The van der Waals surface area contributed by atoms with E-state index in [0.717, 1.165) is 10.2 Å². The first-order chi connectivity index (χ1) is 9.99. The van der Waals surface area contributed by atoms with Crippen LogP contribution in [0.1, 0.15) is 18.1 Å². The highest BCUT2D eigenvalue weighted by molar-refractivity contribution is 9.10. The number of nitrogens with zero attached hydrogens (tertiary/aromatic N) is 2. The van der Waals surface area contributed by atoms with Gasteiger partial charge in [0.1, 0.15) is 11.3 Å². The largest absolute Gasteiger partial charge is 0.295 e. The number of aromatic nitrogens is 2. The van der Waals surface area contributed by atoms with Crippen molar-refractivity contribution in [1.29, 1.82) is 0 Å². The number of imidazole rings is 1. The predicted octanol–water partition coefficient (Wildman–Crippen LogP) is 5.88. The normalized spacial score (nSPS) is 12.8. The van der Waals surface area contributed by atoms with E-state index in [-0.39, 0.29) is 11.2 Å². The van der Waals surface area contributed by atoms with E-state index in [1.807, 2.05) is 22.8 Å². The van der Waals surface area contributed by atoms with E-state index in [1.165, 1.54) is 6.07 Å². The summed E-state index contributed by atoms with van der Waals surface area (Å²) in [5.74, 6) is 0.211. The molecule has 0 aliphatic carbocycles. The molecule has 0 spiro atoms. The number of rotatable bonds is 2. The lowest BCUT2D eigenvalue weighted by molar-refractivity contribution is 0.637. The summed E-state index contributed by atoms with van der Waals surface area (Å²) in [5, 5.41) is 0.207. The first-order valence-corrected chi connectivity index (χ1v) is 7.86. The van der Waals surface area contributed by atoms with E-state index < -0.39 is 0 Å². The molecule has 1 unspecified atom stereocenters. The molecule has 0 fully saturated rings. The van der Waals surface area contributed by atoms with Crippen molar-refractivity contribution in [3.63, 3.8) is 0 Å². The van der Waals surface area contributed by atoms with Crippen molar-refractivity contribution >= 4 is 50.2 Å². The molecule has 0 N–H and O–H groups in total. The lowest BCUT2D eigenvalue weighted by Crippen LogP contribution is -2.01. The number of fused-ring (bicyclic) bond motifs is 1. The van der Waals surface area contributed by atoms with Gasteiger partial charge in [-0.25, -0.2) is 9.37 Å². The van der Waals surface area contributed by atoms with Crippen molar-refractivity contribution in [2.45, 2.75) is 12.3 Å². The fraction of sp³-hybridized carbons (Fsp3) is 0.133. The highest BCUT2D eigenvalue weighted by Gasteiger charge is 2.18. The Morgan fingerprint density at radius 1 is 1.29 bits per heavy atom. The second-order valence-corrected chi connectivity index (χ2v) is 6.54. The maximum Gasteiger partial charge on any atom is 0.151 e. The Bertz CT molecular complexity index is 830. The minimum Gasteiger partial charge on any atom is -0.295 e. The number of hydrogen-bond donors (Lipinski definition) is 0. The van der Waals surface area contributed by atoms with Crippen LogP contribution in [0.2, 0.25) is 5.02 Å². The van der Waals surface area contributed by atoms with Gasteiger partial charge in [-0.15, -0.1) is 11.6 Å². The summed E-state index contributed by atoms with van der Waals surface area (Å²) in [6.45, 7) is 1.80. The van der Waals surface area contributed by atoms with Crippen LogP contribution in [0.4, 0.5) is 4.39 Å². The second-order valence-electron chi connectivity index (χ2n) is 4.63. The molecule has 0 bridgehead atoms. The average Bonchev–Trinajstić information content (AvgIpc) is 2.83. The third-order valence-electron chi connectivity index (χ3n) is 3.18. The van der Waals surface area contributed by atoms with E-state index in [9.17, 15) is 4.39 Å². The van der Waals surface area contributed by atoms with Gasteiger partial charge in [0.15, 0.2) is 5.82 Å². The van der Waals surface area contributed by atoms with Crippen molar-refractivity contribution in [1.82, 2.24) is 9.55 Å². The van der Waals surface area contributed by atoms with Crippen molar-refractivity contribution in [2.75, 3.05) is 0 Å². The smallest absolute Gasteiger partial charge is 0.151 e. The molecule has 0 radical (unpaired) electrons. The summed E-state index contributed by atoms with van der Waals surface area (Å²) in [6.07, 6.45) is 0. The van der Waals surface area contributed by atoms with Crippen molar-refractivity contribution < 1.29 is 4.39 Å². The molecule has 6 heteroatoms. The molecule has 2 aromatic carbocycles. The molecule has 0 aliphatic heterocycles. The fourth-order valence-corrected chi connectivity index (χ4v) is 2.81. The summed E-state index contributed by atoms with van der Waals surface area (Å²) in [6, 6.07) is 10.4. The first-order valence-electron chi connectivity index (χ1n) is 6.25.